The molecule has 2 aromatic carbocycles. The van der Waals surface area contributed by atoms with Gasteiger partial charge in [0.1, 0.15) is 6.54 Å². The van der Waals surface area contributed by atoms with E-state index in [1.165, 1.54) is 24.3 Å². The number of rotatable bonds is 5. The van der Waals surface area contributed by atoms with Gasteiger partial charge in [0.05, 0.1) is 4.90 Å². The molecule has 0 spiro atoms. The van der Waals surface area contributed by atoms with Crippen molar-refractivity contribution in [3.63, 3.8) is 0 Å². The predicted octanol–water partition coefficient (Wildman–Crippen LogP) is 3.02. The Bertz CT molecular complexity index is 745. The van der Waals surface area contributed by atoms with Crippen LogP contribution < -0.4 is 5.73 Å². The van der Waals surface area contributed by atoms with Crippen molar-refractivity contribution in [1.29, 1.82) is 0 Å². The summed E-state index contributed by atoms with van der Waals surface area (Å²) < 4.78 is 63.8. The minimum Gasteiger partial charge on any atom is -0.399 e. The second kappa shape index (κ2) is 6.59. The number of hydrogen-bond acceptors (Lipinski definition) is 3. The van der Waals surface area contributed by atoms with Crippen molar-refractivity contribution in [3.05, 3.63) is 60.2 Å². The van der Waals surface area contributed by atoms with Crippen LogP contribution >= 0.6 is 0 Å². The standard InChI is InChI=1S/C15H15F3N2O2S/c16-15(17,18)11-20(10-12-4-2-1-3-5-12)23(21,22)14-8-6-13(19)7-9-14/h1-9H,10-11,19H2. The Labute approximate surface area is 132 Å². The van der Waals surface area contributed by atoms with E-state index in [9.17, 15) is 21.6 Å². The second-order valence-electron chi connectivity index (χ2n) is 4.94. The van der Waals surface area contributed by atoms with E-state index in [1.807, 2.05) is 0 Å². The smallest absolute Gasteiger partial charge is 0.399 e. The fraction of sp³-hybridized carbons (Fsp3) is 0.200. The molecule has 0 aromatic heterocycles. The number of nitrogens with two attached hydrogens (primary N) is 1. The summed E-state index contributed by atoms with van der Waals surface area (Å²) in [6, 6.07) is 13.2. The normalized spacial score (nSPS) is 12.5. The second-order valence-corrected chi connectivity index (χ2v) is 6.88. The molecule has 124 valence electrons. The first kappa shape index (κ1) is 17.3. The van der Waals surface area contributed by atoms with Gasteiger partial charge in [-0.25, -0.2) is 8.42 Å². The molecule has 0 aliphatic heterocycles. The number of halogens is 3. The molecule has 2 N–H and O–H groups in total. The average molecular weight is 344 g/mol. The summed E-state index contributed by atoms with van der Waals surface area (Å²) in [7, 11) is -4.29. The van der Waals surface area contributed by atoms with Crippen molar-refractivity contribution in [1.82, 2.24) is 4.31 Å². The summed E-state index contributed by atoms with van der Waals surface area (Å²) in [6.45, 7) is -1.93. The Morgan fingerprint density at radius 1 is 0.957 bits per heavy atom. The van der Waals surface area contributed by atoms with Crippen LogP contribution in [0.2, 0.25) is 0 Å². The molecule has 0 unspecified atom stereocenters. The highest BCUT2D eigenvalue weighted by Gasteiger charge is 2.37. The third-order valence-corrected chi connectivity index (χ3v) is 4.88. The number of benzene rings is 2. The fourth-order valence-corrected chi connectivity index (χ4v) is 3.42. The van der Waals surface area contributed by atoms with Crippen molar-refractivity contribution in [2.75, 3.05) is 12.3 Å². The van der Waals surface area contributed by atoms with Crippen molar-refractivity contribution < 1.29 is 21.6 Å². The summed E-state index contributed by atoms with van der Waals surface area (Å²) >= 11 is 0. The van der Waals surface area contributed by atoms with Crippen LogP contribution in [0.15, 0.2) is 59.5 Å². The zero-order valence-corrected chi connectivity index (χ0v) is 12.8. The van der Waals surface area contributed by atoms with Crippen molar-refractivity contribution in [2.24, 2.45) is 0 Å². The predicted molar refractivity (Wildman–Crippen MR) is 80.9 cm³/mol. The van der Waals surface area contributed by atoms with Crippen LogP contribution in [0.5, 0.6) is 0 Å². The molecule has 4 nitrogen and oxygen atoms in total. The quantitative estimate of drug-likeness (QED) is 0.848. The maximum Gasteiger partial charge on any atom is 0.402 e. The molecule has 0 saturated carbocycles. The molecule has 8 heteroatoms. The third kappa shape index (κ3) is 4.70. The van der Waals surface area contributed by atoms with E-state index in [1.54, 1.807) is 30.3 Å². The molecule has 0 radical (unpaired) electrons. The molecule has 23 heavy (non-hydrogen) atoms. The largest absolute Gasteiger partial charge is 0.402 e. The molecule has 0 fully saturated rings. The molecule has 0 atom stereocenters. The maximum absolute atomic E-state index is 12.8. The summed E-state index contributed by atoms with van der Waals surface area (Å²) in [5.74, 6) is 0. The number of hydrogen-bond donors (Lipinski definition) is 1. The monoisotopic (exact) mass is 344 g/mol. The zero-order valence-electron chi connectivity index (χ0n) is 12.0. The minimum atomic E-state index is -4.64. The molecule has 0 aliphatic carbocycles. The highest BCUT2D eigenvalue weighted by Crippen LogP contribution is 2.25. The Morgan fingerprint density at radius 2 is 1.52 bits per heavy atom. The Balaban J connectivity index is 2.37. The molecule has 2 aromatic rings. The van der Waals surface area contributed by atoms with Crippen LogP contribution in [0.3, 0.4) is 0 Å². The van der Waals surface area contributed by atoms with Gasteiger partial charge in [-0.1, -0.05) is 30.3 Å². The van der Waals surface area contributed by atoms with Gasteiger partial charge in [-0.3, -0.25) is 0 Å². The Morgan fingerprint density at radius 3 is 2.04 bits per heavy atom. The van der Waals surface area contributed by atoms with E-state index in [4.69, 9.17) is 5.73 Å². The lowest BCUT2D eigenvalue weighted by molar-refractivity contribution is -0.136. The van der Waals surface area contributed by atoms with Crippen molar-refractivity contribution in [2.45, 2.75) is 17.6 Å². The molecule has 0 heterocycles. The molecule has 0 aliphatic rings. The third-order valence-electron chi connectivity index (χ3n) is 3.08. The summed E-state index contributed by atoms with van der Waals surface area (Å²) in [5, 5.41) is 0. The molecular weight excluding hydrogens is 329 g/mol. The number of sulfonamides is 1. The summed E-state index contributed by atoms with van der Waals surface area (Å²) in [5.41, 5.74) is 6.28. The maximum atomic E-state index is 12.8. The topological polar surface area (TPSA) is 63.4 Å². The van der Waals surface area contributed by atoms with Gasteiger partial charge in [0, 0.05) is 12.2 Å². The van der Waals surface area contributed by atoms with Gasteiger partial charge in [0.25, 0.3) is 0 Å². The van der Waals surface area contributed by atoms with Gasteiger partial charge in [-0.2, -0.15) is 17.5 Å². The highest BCUT2D eigenvalue weighted by atomic mass is 32.2. The first-order valence-electron chi connectivity index (χ1n) is 6.65. The van der Waals surface area contributed by atoms with Gasteiger partial charge in [-0.05, 0) is 29.8 Å². The lowest BCUT2D eigenvalue weighted by Crippen LogP contribution is -2.38. The molecule has 0 bridgehead atoms. The van der Waals surface area contributed by atoms with Gasteiger partial charge >= 0.3 is 6.18 Å². The van der Waals surface area contributed by atoms with Crippen molar-refractivity contribution in [3.8, 4) is 0 Å². The van der Waals surface area contributed by atoms with E-state index < -0.39 is 22.7 Å². The zero-order chi connectivity index (χ0) is 17.1. The average Bonchev–Trinajstić information content (AvgIpc) is 2.47. The van der Waals surface area contributed by atoms with Gasteiger partial charge in [0.2, 0.25) is 10.0 Å². The van der Waals surface area contributed by atoms with Crippen LogP contribution in [0, 0.1) is 0 Å². The lowest BCUT2D eigenvalue weighted by atomic mass is 10.2. The Kier molecular flexibility index (Phi) is 4.96. The van der Waals surface area contributed by atoms with E-state index in [0.29, 0.717) is 15.6 Å². The first-order chi connectivity index (χ1) is 10.7. The number of nitrogen functional groups attached to an aromatic ring is 1. The van der Waals surface area contributed by atoms with Crippen LogP contribution in [0.4, 0.5) is 18.9 Å². The molecular formula is C15H15F3N2O2S. The molecule has 0 saturated heterocycles. The highest BCUT2D eigenvalue weighted by molar-refractivity contribution is 7.89. The SMILES string of the molecule is Nc1ccc(S(=O)(=O)N(Cc2ccccc2)CC(F)(F)F)cc1. The van der Waals surface area contributed by atoms with Gasteiger partial charge in [-0.15, -0.1) is 0 Å². The van der Waals surface area contributed by atoms with Crippen LogP contribution in [0.1, 0.15) is 5.56 Å². The van der Waals surface area contributed by atoms with E-state index in [0.717, 1.165) is 0 Å². The number of nitrogens with zero attached hydrogens (tertiary/aromatic N) is 1. The van der Waals surface area contributed by atoms with E-state index in [2.05, 4.69) is 0 Å². The fourth-order valence-electron chi connectivity index (χ4n) is 2.00. The lowest BCUT2D eigenvalue weighted by Gasteiger charge is -2.23. The van der Waals surface area contributed by atoms with Crippen LogP contribution in [-0.4, -0.2) is 25.4 Å². The van der Waals surface area contributed by atoms with E-state index in [-0.39, 0.29) is 11.4 Å². The van der Waals surface area contributed by atoms with Gasteiger partial charge < -0.3 is 5.73 Å². The summed E-state index contributed by atoms with van der Waals surface area (Å²) in [6.07, 6.45) is -4.64. The number of alkyl halides is 3. The minimum absolute atomic E-state index is 0.230. The Hall–Kier alpha value is -2.06. The molecule has 2 rings (SSSR count). The van der Waals surface area contributed by atoms with Gasteiger partial charge in [0.15, 0.2) is 0 Å². The van der Waals surface area contributed by atoms with Crippen LogP contribution in [-0.2, 0) is 16.6 Å². The number of anilines is 1. The van der Waals surface area contributed by atoms with Crippen molar-refractivity contribution >= 4 is 15.7 Å². The first-order valence-corrected chi connectivity index (χ1v) is 8.09. The molecule has 0 amide bonds. The summed E-state index contributed by atoms with van der Waals surface area (Å²) in [4.78, 5) is -0.230. The van der Waals surface area contributed by atoms with E-state index >= 15 is 0 Å². The van der Waals surface area contributed by atoms with Crippen LogP contribution in [0.25, 0.3) is 0 Å².